The number of carbonyl (C=O) groups excluding carboxylic acids is 2. The van der Waals surface area contributed by atoms with E-state index in [0.717, 1.165) is 27.7 Å². The summed E-state index contributed by atoms with van der Waals surface area (Å²) in [6.45, 7) is 0.151. The molecule has 7 nitrogen and oxygen atoms in total. The molecule has 0 saturated heterocycles. The van der Waals surface area contributed by atoms with Crippen LogP contribution in [0.3, 0.4) is 0 Å². The number of hydrogen-bond acceptors (Lipinski definition) is 5. The van der Waals surface area contributed by atoms with Gasteiger partial charge in [-0.05, 0) is 29.3 Å². The van der Waals surface area contributed by atoms with Crippen molar-refractivity contribution in [2.75, 3.05) is 19.8 Å². The molecule has 0 saturated carbocycles. The maximum Gasteiger partial charge on any atom is 0.328 e. The topological polar surface area (TPSA) is 70.0 Å². The van der Waals surface area contributed by atoms with Crippen molar-refractivity contribution in [3.8, 4) is 11.5 Å². The number of esters is 1. The standard InChI is InChI=1S/C23H21ClN2O5/c1-25-16-6-4-3-5-14(16)15-10-17(23(28)29-2)26(20(27)11-24)21(22(15)25)13-7-8-18-19(9-13)31-12-30-18/h3-9,17,21H,10-12H2,1-2H3/t17?,21-/m1/s1. The highest BCUT2D eigenvalue weighted by Gasteiger charge is 2.44. The smallest absolute Gasteiger partial charge is 0.328 e. The van der Waals surface area contributed by atoms with Crippen LogP contribution in [0.1, 0.15) is 22.9 Å². The second-order valence-electron chi connectivity index (χ2n) is 7.63. The van der Waals surface area contributed by atoms with E-state index < -0.39 is 18.1 Å². The summed E-state index contributed by atoms with van der Waals surface area (Å²) >= 11 is 6.00. The molecule has 3 aromatic rings. The fourth-order valence-corrected chi connectivity index (χ4v) is 4.92. The average Bonchev–Trinajstić information content (AvgIpc) is 3.39. The number of methoxy groups -OCH3 is 1. The number of aryl methyl sites for hydroxylation is 1. The first kappa shape index (κ1) is 19.8. The molecule has 0 N–H and O–H groups in total. The molecule has 5 rings (SSSR count). The quantitative estimate of drug-likeness (QED) is 0.462. The Morgan fingerprint density at radius 1 is 1.16 bits per heavy atom. The lowest BCUT2D eigenvalue weighted by atomic mass is 9.87. The lowest BCUT2D eigenvalue weighted by Crippen LogP contribution is -2.52. The van der Waals surface area contributed by atoms with Crippen molar-refractivity contribution in [1.82, 2.24) is 9.47 Å². The lowest BCUT2D eigenvalue weighted by molar-refractivity contribution is -0.154. The number of ether oxygens (including phenoxy) is 3. The van der Waals surface area contributed by atoms with Crippen LogP contribution in [0.5, 0.6) is 11.5 Å². The van der Waals surface area contributed by atoms with Crippen molar-refractivity contribution >= 4 is 34.4 Å². The van der Waals surface area contributed by atoms with Crippen LogP contribution in [0.15, 0.2) is 42.5 Å². The Morgan fingerprint density at radius 2 is 1.94 bits per heavy atom. The largest absolute Gasteiger partial charge is 0.467 e. The Labute approximate surface area is 184 Å². The number of aromatic nitrogens is 1. The van der Waals surface area contributed by atoms with Gasteiger partial charge in [0.2, 0.25) is 12.7 Å². The van der Waals surface area contributed by atoms with E-state index in [4.69, 9.17) is 25.8 Å². The molecule has 0 radical (unpaired) electrons. The van der Waals surface area contributed by atoms with E-state index in [0.29, 0.717) is 17.9 Å². The maximum absolute atomic E-state index is 13.1. The zero-order chi connectivity index (χ0) is 21.7. The SMILES string of the molecule is COC(=O)C1Cc2c(n(C)c3ccccc23)[C@@H](c2ccc3c(c2)OCO3)N1C(=O)CCl. The molecule has 2 aliphatic heterocycles. The molecular formula is C23H21ClN2O5. The summed E-state index contributed by atoms with van der Waals surface area (Å²) in [5, 5.41) is 1.05. The number of carbonyl (C=O) groups is 2. The molecule has 2 aromatic carbocycles. The number of nitrogens with zero attached hydrogens (tertiary/aromatic N) is 2. The molecular weight excluding hydrogens is 420 g/mol. The summed E-state index contributed by atoms with van der Waals surface area (Å²) in [4.78, 5) is 27.4. The van der Waals surface area contributed by atoms with Crippen LogP contribution in [0.4, 0.5) is 0 Å². The number of hydrogen-bond donors (Lipinski definition) is 0. The molecule has 1 unspecified atom stereocenters. The molecule has 2 aliphatic rings. The average molecular weight is 441 g/mol. The third kappa shape index (κ3) is 2.95. The van der Waals surface area contributed by atoms with E-state index in [2.05, 4.69) is 4.57 Å². The van der Waals surface area contributed by atoms with Crippen molar-refractivity contribution in [3.63, 3.8) is 0 Å². The van der Waals surface area contributed by atoms with Crippen LogP contribution >= 0.6 is 11.6 Å². The molecule has 0 fully saturated rings. The van der Waals surface area contributed by atoms with Gasteiger partial charge in [-0.15, -0.1) is 11.6 Å². The highest BCUT2D eigenvalue weighted by molar-refractivity contribution is 6.27. The number of amides is 1. The fourth-order valence-electron chi connectivity index (χ4n) is 4.78. The third-order valence-corrected chi connectivity index (χ3v) is 6.35. The van der Waals surface area contributed by atoms with Gasteiger partial charge in [0, 0.05) is 30.1 Å². The number of benzene rings is 2. The molecule has 1 amide bonds. The number of para-hydroxylation sites is 1. The highest BCUT2D eigenvalue weighted by atomic mass is 35.5. The first-order valence-corrected chi connectivity index (χ1v) is 10.5. The van der Waals surface area contributed by atoms with Crippen molar-refractivity contribution in [2.24, 2.45) is 7.05 Å². The lowest BCUT2D eigenvalue weighted by Gasteiger charge is -2.41. The predicted octanol–water partition coefficient (Wildman–Crippen LogP) is 3.16. The van der Waals surface area contributed by atoms with E-state index in [1.54, 1.807) is 4.90 Å². The van der Waals surface area contributed by atoms with Crippen molar-refractivity contribution in [3.05, 3.63) is 59.3 Å². The van der Waals surface area contributed by atoms with Gasteiger partial charge in [-0.1, -0.05) is 24.3 Å². The van der Waals surface area contributed by atoms with Gasteiger partial charge in [-0.3, -0.25) is 4.79 Å². The zero-order valence-corrected chi connectivity index (χ0v) is 17.9. The minimum absolute atomic E-state index is 0.151. The monoisotopic (exact) mass is 440 g/mol. The third-order valence-electron chi connectivity index (χ3n) is 6.12. The molecule has 0 spiro atoms. The van der Waals surface area contributed by atoms with Gasteiger partial charge < -0.3 is 23.7 Å². The normalized spacial score (nSPS) is 19.4. The Morgan fingerprint density at radius 3 is 2.71 bits per heavy atom. The summed E-state index contributed by atoms with van der Waals surface area (Å²) in [5.74, 6) is 0.208. The maximum atomic E-state index is 13.1. The number of alkyl halides is 1. The number of rotatable bonds is 3. The van der Waals surface area contributed by atoms with Crippen LogP contribution in [0, 0.1) is 0 Å². The van der Waals surface area contributed by atoms with Crippen molar-refractivity contribution in [1.29, 1.82) is 0 Å². The van der Waals surface area contributed by atoms with Crippen LogP contribution in [0.25, 0.3) is 10.9 Å². The molecule has 1 aromatic heterocycles. The second-order valence-corrected chi connectivity index (χ2v) is 7.90. The summed E-state index contributed by atoms with van der Waals surface area (Å²) in [5.41, 5.74) is 3.80. The molecule has 0 bridgehead atoms. The van der Waals surface area contributed by atoms with E-state index >= 15 is 0 Å². The second kappa shape index (κ2) is 7.50. The van der Waals surface area contributed by atoms with Crippen molar-refractivity contribution in [2.45, 2.75) is 18.5 Å². The highest BCUT2D eigenvalue weighted by Crippen LogP contribution is 2.45. The first-order valence-electron chi connectivity index (χ1n) is 9.95. The number of halogens is 1. The summed E-state index contributed by atoms with van der Waals surface area (Å²) in [7, 11) is 3.31. The van der Waals surface area contributed by atoms with E-state index in [9.17, 15) is 9.59 Å². The Bertz CT molecular complexity index is 1200. The fraction of sp³-hybridized carbons (Fsp3) is 0.304. The van der Waals surface area contributed by atoms with Gasteiger partial charge in [0.25, 0.3) is 0 Å². The van der Waals surface area contributed by atoms with E-state index in [1.807, 2.05) is 49.5 Å². The van der Waals surface area contributed by atoms with Crippen LogP contribution in [-0.2, 0) is 27.8 Å². The van der Waals surface area contributed by atoms with Gasteiger partial charge in [0.15, 0.2) is 11.5 Å². The van der Waals surface area contributed by atoms with Crippen molar-refractivity contribution < 1.29 is 23.8 Å². The molecule has 160 valence electrons. The Balaban J connectivity index is 1.79. The molecule has 2 atom stereocenters. The van der Waals surface area contributed by atoms with E-state index in [-0.39, 0.29) is 18.6 Å². The van der Waals surface area contributed by atoms with Crippen LogP contribution in [0.2, 0.25) is 0 Å². The van der Waals surface area contributed by atoms with Gasteiger partial charge in [-0.25, -0.2) is 4.79 Å². The summed E-state index contributed by atoms with van der Waals surface area (Å²) < 4.78 is 18.2. The minimum atomic E-state index is -0.787. The van der Waals surface area contributed by atoms with Gasteiger partial charge in [0.1, 0.15) is 11.9 Å². The van der Waals surface area contributed by atoms with Crippen LogP contribution < -0.4 is 9.47 Å². The minimum Gasteiger partial charge on any atom is -0.467 e. The van der Waals surface area contributed by atoms with Gasteiger partial charge in [-0.2, -0.15) is 0 Å². The van der Waals surface area contributed by atoms with Gasteiger partial charge in [0.05, 0.1) is 13.2 Å². The Hall–Kier alpha value is -3.19. The molecule has 31 heavy (non-hydrogen) atoms. The zero-order valence-electron chi connectivity index (χ0n) is 17.1. The summed E-state index contributed by atoms with van der Waals surface area (Å²) in [6, 6.07) is 12.3. The van der Waals surface area contributed by atoms with E-state index in [1.165, 1.54) is 7.11 Å². The van der Waals surface area contributed by atoms with Gasteiger partial charge >= 0.3 is 5.97 Å². The summed E-state index contributed by atoms with van der Waals surface area (Å²) in [6.07, 6.45) is 0.354. The molecule has 8 heteroatoms. The first-order chi connectivity index (χ1) is 15.0. The molecule has 3 heterocycles. The predicted molar refractivity (Wildman–Crippen MR) is 114 cm³/mol. The number of fused-ring (bicyclic) bond motifs is 4. The van der Waals surface area contributed by atoms with Crippen LogP contribution in [-0.4, -0.2) is 47.2 Å². The molecule has 0 aliphatic carbocycles. The Kier molecular flexibility index (Phi) is 4.78.